The molecule has 0 fully saturated rings. The quantitative estimate of drug-likeness (QED) is 0.0343. The molecule has 0 aliphatic heterocycles. The Morgan fingerprint density at radius 1 is 0.250 bits per heavy atom. The van der Waals surface area contributed by atoms with Crippen LogP contribution < -0.4 is 0 Å². The molecule has 6 nitrogen and oxygen atoms in total. The Morgan fingerprint density at radius 3 is 0.650 bits per heavy atom. The van der Waals surface area contributed by atoms with E-state index < -0.39 is 6.10 Å². The molecule has 0 aromatic heterocycles. The minimum absolute atomic E-state index is 0.0615. The molecule has 6 heteroatoms. The molecule has 0 aromatic carbocycles. The molecule has 0 radical (unpaired) electrons. The van der Waals surface area contributed by atoms with Crippen molar-refractivity contribution >= 4 is 17.9 Å². The van der Waals surface area contributed by atoms with Gasteiger partial charge in [-0.25, -0.2) is 0 Å². The molecule has 0 aromatic rings. The summed E-state index contributed by atoms with van der Waals surface area (Å²) in [6.07, 6.45) is 74.0. The van der Waals surface area contributed by atoms with Crippen LogP contribution in [0.5, 0.6) is 0 Å². The van der Waals surface area contributed by atoms with Crippen molar-refractivity contribution in [1.29, 1.82) is 0 Å². The molecule has 0 saturated heterocycles. The van der Waals surface area contributed by atoms with E-state index in [-0.39, 0.29) is 31.1 Å². The van der Waals surface area contributed by atoms with E-state index in [1.165, 1.54) is 302 Å². The van der Waals surface area contributed by atoms with Gasteiger partial charge in [0, 0.05) is 19.3 Å². The number of carbonyl (C=O) groups excluding carboxylic acids is 3. The Bertz CT molecular complexity index is 1250. The van der Waals surface area contributed by atoms with Crippen LogP contribution in [0.2, 0.25) is 0 Å². The molecule has 0 amide bonds. The van der Waals surface area contributed by atoms with E-state index in [2.05, 4.69) is 41.5 Å². The molecule has 0 aliphatic carbocycles. The minimum atomic E-state index is -0.766. The fourth-order valence-corrected chi connectivity index (χ4v) is 11.6. The van der Waals surface area contributed by atoms with Gasteiger partial charge in [-0.1, -0.05) is 382 Å². The standard InChI is InChI=1S/C74H144O6/c1-7-70(6)62-56-50-44-38-32-26-20-13-9-11-15-23-29-35-41-47-53-59-65-74(77)80-71(67-79-73(76)64-58-52-46-40-34-28-22-17-16-19-25-31-37-43-49-55-61-69(4)5)66-78-72(75)63-57-51-45-39-33-27-21-14-10-8-12-18-24-30-36-42-48-54-60-68(2)3/h68-71H,7-67H2,1-6H3/t70?,71-/m1/s1. The van der Waals surface area contributed by atoms with Gasteiger partial charge in [0.1, 0.15) is 13.2 Å². The van der Waals surface area contributed by atoms with Gasteiger partial charge in [0.15, 0.2) is 6.10 Å². The third kappa shape index (κ3) is 65.6. The van der Waals surface area contributed by atoms with Gasteiger partial charge in [0.05, 0.1) is 0 Å². The lowest BCUT2D eigenvalue weighted by molar-refractivity contribution is -0.167. The molecule has 476 valence electrons. The number of ether oxygens (including phenoxy) is 3. The lowest BCUT2D eigenvalue weighted by Gasteiger charge is -2.18. The summed E-state index contributed by atoms with van der Waals surface area (Å²) in [4.78, 5) is 38.5. The summed E-state index contributed by atoms with van der Waals surface area (Å²) in [6.45, 7) is 13.9. The molecule has 80 heavy (non-hydrogen) atoms. The third-order valence-corrected chi connectivity index (χ3v) is 17.5. The first-order valence-electron chi connectivity index (χ1n) is 36.6. The normalized spacial score (nSPS) is 12.4. The Morgan fingerprint density at radius 2 is 0.438 bits per heavy atom. The Hall–Kier alpha value is -1.59. The number of unbranched alkanes of at least 4 members (excludes halogenated alkanes) is 49. The molecule has 0 aliphatic rings. The predicted octanol–water partition coefficient (Wildman–Crippen LogP) is 25.0. The van der Waals surface area contributed by atoms with Gasteiger partial charge >= 0.3 is 17.9 Å². The minimum Gasteiger partial charge on any atom is -0.462 e. The van der Waals surface area contributed by atoms with E-state index in [9.17, 15) is 14.4 Å². The average molecular weight is 1130 g/mol. The van der Waals surface area contributed by atoms with Crippen LogP contribution in [0.25, 0.3) is 0 Å². The first kappa shape index (κ1) is 78.4. The van der Waals surface area contributed by atoms with Crippen LogP contribution in [0.4, 0.5) is 0 Å². The molecule has 2 atom stereocenters. The van der Waals surface area contributed by atoms with Crippen molar-refractivity contribution in [3.05, 3.63) is 0 Å². The fourth-order valence-electron chi connectivity index (χ4n) is 11.6. The van der Waals surface area contributed by atoms with E-state index >= 15 is 0 Å². The van der Waals surface area contributed by atoms with Crippen LogP contribution in [-0.2, 0) is 28.6 Å². The molecule has 0 N–H and O–H groups in total. The van der Waals surface area contributed by atoms with Crippen LogP contribution in [-0.4, -0.2) is 37.2 Å². The van der Waals surface area contributed by atoms with E-state index in [1.54, 1.807) is 0 Å². The SMILES string of the molecule is CCC(C)CCCCCCCCCCCCCCCCCCCCC(=O)O[C@H](COC(=O)CCCCCCCCCCCCCCCCCCCCC(C)C)COC(=O)CCCCCCCCCCCCCCCCCCC(C)C. The molecular weight excluding hydrogens is 985 g/mol. The summed E-state index contributed by atoms with van der Waals surface area (Å²) in [5.74, 6) is 1.80. The number of hydrogen-bond acceptors (Lipinski definition) is 6. The number of hydrogen-bond donors (Lipinski definition) is 0. The highest BCUT2D eigenvalue weighted by Crippen LogP contribution is 2.21. The van der Waals surface area contributed by atoms with Gasteiger partial charge in [0.25, 0.3) is 0 Å². The van der Waals surface area contributed by atoms with Gasteiger partial charge in [-0.3, -0.25) is 14.4 Å². The highest BCUT2D eigenvalue weighted by Gasteiger charge is 2.20. The lowest BCUT2D eigenvalue weighted by atomic mass is 9.99. The first-order valence-corrected chi connectivity index (χ1v) is 36.6. The maximum Gasteiger partial charge on any atom is 0.306 e. The number of esters is 3. The van der Waals surface area contributed by atoms with Crippen molar-refractivity contribution in [1.82, 2.24) is 0 Å². The first-order chi connectivity index (χ1) is 39.1. The average Bonchev–Trinajstić information content (AvgIpc) is 3.44. The second kappa shape index (κ2) is 65.0. The van der Waals surface area contributed by atoms with Crippen molar-refractivity contribution in [2.45, 2.75) is 426 Å². The lowest BCUT2D eigenvalue weighted by Crippen LogP contribution is -2.30. The molecule has 0 heterocycles. The molecule has 0 spiro atoms. The summed E-state index contributed by atoms with van der Waals surface area (Å²) >= 11 is 0. The summed E-state index contributed by atoms with van der Waals surface area (Å²) in [5.41, 5.74) is 0. The second-order valence-corrected chi connectivity index (χ2v) is 26.8. The zero-order valence-corrected chi connectivity index (χ0v) is 55.4. The Labute approximate surface area is 501 Å². The zero-order valence-electron chi connectivity index (χ0n) is 55.4. The summed E-state index contributed by atoms with van der Waals surface area (Å²) < 4.78 is 17.1. The maximum absolute atomic E-state index is 13.0. The van der Waals surface area contributed by atoms with Crippen molar-refractivity contribution in [3.8, 4) is 0 Å². The highest BCUT2D eigenvalue weighted by molar-refractivity contribution is 5.71. The molecule has 0 bridgehead atoms. The topological polar surface area (TPSA) is 78.9 Å². The summed E-state index contributed by atoms with van der Waals surface area (Å²) in [6, 6.07) is 0. The fraction of sp³-hybridized carbons (Fsp3) is 0.959. The molecule has 0 rings (SSSR count). The predicted molar refractivity (Wildman–Crippen MR) is 349 cm³/mol. The van der Waals surface area contributed by atoms with Crippen LogP contribution in [0.1, 0.15) is 420 Å². The van der Waals surface area contributed by atoms with Crippen molar-refractivity contribution in [2.75, 3.05) is 13.2 Å². The maximum atomic E-state index is 13.0. The Kier molecular flexibility index (Phi) is 63.7. The smallest absolute Gasteiger partial charge is 0.306 e. The molecule has 0 saturated carbocycles. The highest BCUT2D eigenvalue weighted by atomic mass is 16.6. The largest absolute Gasteiger partial charge is 0.462 e. The summed E-state index contributed by atoms with van der Waals surface area (Å²) in [5, 5.41) is 0. The summed E-state index contributed by atoms with van der Waals surface area (Å²) in [7, 11) is 0. The molecule has 1 unspecified atom stereocenters. The van der Waals surface area contributed by atoms with Gasteiger partial charge < -0.3 is 14.2 Å². The monoisotopic (exact) mass is 1130 g/mol. The van der Waals surface area contributed by atoms with Gasteiger partial charge in [0.2, 0.25) is 0 Å². The number of carbonyl (C=O) groups is 3. The van der Waals surface area contributed by atoms with Crippen LogP contribution in [0.3, 0.4) is 0 Å². The van der Waals surface area contributed by atoms with Crippen LogP contribution in [0, 0.1) is 17.8 Å². The van der Waals surface area contributed by atoms with Crippen LogP contribution >= 0.6 is 0 Å². The Balaban J connectivity index is 4.28. The van der Waals surface area contributed by atoms with Crippen molar-refractivity contribution in [3.63, 3.8) is 0 Å². The van der Waals surface area contributed by atoms with Gasteiger partial charge in [-0.05, 0) is 37.0 Å². The van der Waals surface area contributed by atoms with Gasteiger partial charge in [-0.2, -0.15) is 0 Å². The van der Waals surface area contributed by atoms with Crippen molar-refractivity contribution in [2.24, 2.45) is 17.8 Å². The van der Waals surface area contributed by atoms with Crippen LogP contribution in [0.15, 0.2) is 0 Å². The number of rotatable bonds is 67. The molecular formula is C74H144O6. The van der Waals surface area contributed by atoms with E-state index in [0.29, 0.717) is 19.3 Å². The van der Waals surface area contributed by atoms with E-state index in [4.69, 9.17) is 14.2 Å². The second-order valence-electron chi connectivity index (χ2n) is 26.8. The third-order valence-electron chi connectivity index (χ3n) is 17.5. The van der Waals surface area contributed by atoms with Crippen molar-refractivity contribution < 1.29 is 28.6 Å². The van der Waals surface area contributed by atoms with Gasteiger partial charge in [-0.15, -0.1) is 0 Å². The van der Waals surface area contributed by atoms with E-state index in [0.717, 1.165) is 75.5 Å². The van der Waals surface area contributed by atoms with E-state index in [1.807, 2.05) is 0 Å². The zero-order chi connectivity index (χ0) is 58.3.